The highest BCUT2D eigenvalue weighted by Gasteiger charge is 2.29. The molecule has 0 spiro atoms. The van der Waals surface area contributed by atoms with Gasteiger partial charge in [-0.2, -0.15) is 4.31 Å². The number of rotatable bonds is 6. The van der Waals surface area contributed by atoms with Gasteiger partial charge in [-0.05, 0) is 31.7 Å². The van der Waals surface area contributed by atoms with Gasteiger partial charge < -0.3 is 10.2 Å². The van der Waals surface area contributed by atoms with Gasteiger partial charge in [0, 0.05) is 38.3 Å². The van der Waals surface area contributed by atoms with Gasteiger partial charge in [-0.25, -0.2) is 8.42 Å². The van der Waals surface area contributed by atoms with Gasteiger partial charge in [0.05, 0.1) is 9.82 Å². The second-order valence-electron chi connectivity index (χ2n) is 6.92. The molecule has 150 valence electrons. The topological polar surface area (TPSA) is 95.8 Å². The fourth-order valence-corrected chi connectivity index (χ4v) is 4.62. The van der Waals surface area contributed by atoms with Crippen LogP contribution in [0.15, 0.2) is 53.4 Å². The van der Waals surface area contributed by atoms with Crippen molar-refractivity contribution in [2.24, 2.45) is 0 Å². The van der Waals surface area contributed by atoms with Crippen molar-refractivity contribution in [3.63, 3.8) is 0 Å². The SMILES string of the molecule is C[C@@H](Nc1ccc(S(=O)(=O)N2CCN(C)CC2)cc1[N+](=O)[O-])c1ccccc1. The zero-order valence-electron chi connectivity index (χ0n) is 15.9. The summed E-state index contributed by atoms with van der Waals surface area (Å²) in [6.07, 6.45) is 0. The minimum Gasteiger partial charge on any atom is -0.373 e. The number of nitro benzene ring substituents is 1. The molecule has 2 aromatic carbocycles. The van der Waals surface area contributed by atoms with Crippen LogP contribution in [-0.2, 0) is 10.0 Å². The van der Waals surface area contributed by atoms with Gasteiger partial charge in [-0.3, -0.25) is 10.1 Å². The lowest BCUT2D eigenvalue weighted by molar-refractivity contribution is -0.384. The van der Waals surface area contributed by atoms with Crippen LogP contribution in [0, 0.1) is 10.1 Å². The number of nitro groups is 1. The average molecular weight is 404 g/mol. The molecule has 0 unspecified atom stereocenters. The van der Waals surface area contributed by atoms with E-state index in [1.54, 1.807) is 0 Å². The Hall–Kier alpha value is -2.49. The zero-order valence-corrected chi connectivity index (χ0v) is 16.7. The van der Waals surface area contributed by atoms with Crippen molar-refractivity contribution in [3.05, 3.63) is 64.2 Å². The van der Waals surface area contributed by atoms with E-state index in [4.69, 9.17) is 0 Å². The lowest BCUT2D eigenvalue weighted by Gasteiger charge is -2.31. The molecule has 1 fully saturated rings. The standard InChI is InChI=1S/C19H24N4O4S/c1-15(16-6-4-3-5-7-16)20-18-9-8-17(14-19(18)23(24)25)28(26,27)22-12-10-21(2)11-13-22/h3-9,14-15,20H,10-13H2,1-2H3/t15-/m1/s1. The number of piperazine rings is 1. The van der Waals surface area contributed by atoms with Gasteiger partial charge in [-0.1, -0.05) is 30.3 Å². The first kappa shape index (κ1) is 20.2. The molecule has 0 saturated carbocycles. The number of nitrogens with zero attached hydrogens (tertiary/aromatic N) is 3. The van der Waals surface area contributed by atoms with E-state index < -0.39 is 14.9 Å². The molecule has 0 amide bonds. The van der Waals surface area contributed by atoms with Crippen LogP contribution < -0.4 is 5.32 Å². The van der Waals surface area contributed by atoms with E-state index in [1.165, 1.54) is 16.4 Å². The highest BCUT2D eigenvalue weighted by Crippen LogP contribution is 2.31. The van der Waals surface area contributed by atoms with E-state index in [9.17, 15) is 18.5 Å². The van der Waals surface area contributed by atoms with Gasteiger partial charge in [0.1, 0.15) is 5.69 Å². The van der Waals surface area contributed by atoms with Crippen molar-refractivity contribution in [3.8, 4) is 0 Å². The summed E-state index contributed by atoms with van der Waals surface area (Å²) in [5.74, 6) is 0. The van der Waals surface area contributed by atoms with Gasteiger partial charge in [0.15, 0.2) is 0 Å². The van der Waals surface area contributed by atoms with E-state index in [0.29, 0.717) is 31.9 Å². The summed E-state index contributed by atoms with van der Waals surface area (Å²) in [5.41, 5.74) is 1.02. The molecule has 28 heavy (non-hydrogen) atoms. The lowest BCUT2D eigenvalue weighted by Crippen LogP contribution is -2.47. The molecule has 2 aromatic rings. The maximum atomic E-state index is 12.9. The first-order valence-electron chi connectivity index (χ1n) is 9.07. The predicted molar refractivity (Wildman–Crippen MR) is 108 cm³/mol. The Bertz CT molecular complexity index is 942. The minimum absolute atomic E-state index is 0.0540. The van der Waals surface area contributed by atoms with E-state index in [0.717, 1.165) is 11.6 Å². The third-order valence-corrected chi connectivity index (χ3v) is 6.83. The molecule has 0 aliphatic carbocycles. The summed E-state index contributed by atoms with van der Waals surface area (Å²) in [4.78, 5) is 13.0. The number of hydrogen-bond acceptors (Lipinski definition) is 6. The summed E-state index contributed by atoms with van der Waals surface area (Å²) < 4.78 is 27.2. The number of likely N-dealkylation sites (N-methyl/N-ethyl adjacent to an activating group) is 1. The Morgan fingerprint density at radius 2 is 1.71 bits per heavy atom. The molecule has 0 bridgehead atoms. The van der Waals surface area contributed by atoms with Crippen molar-refractivity contribution < 1.29 is 13.3 Å². The molecule has 3 rings (SSSR count). The first-order valence-corrected chi connectivity index (χ1v) is 10.5. The van der Waals surface area contributed by atoms with E-state index in [1.807, 2.05) is 49.2 Å². The van der Waals surface area contributed by atoms with Crippen molar-refractivity contribution in [2.45, 2.75) is 17.9 Å². The monoisotopic (exact) mass is 404 g/mol. The summed E-state index contributed by atoms with van der Waals surface area (Å²) in [6, 6.07) is 13.4. The molecule has 8 nitrogen and oxygen atoms in total. The Morgan fingerprint density at radius 1 is 1.07 bits per heavy atom. The molecule has 1 heterocycles. The molecular weight excluding hydrogens is 380 g/mol. The molecule has 1 atom stereocenters. The van der Waals surface area contributed by atoms with Crippen molar-refractivity contribution >= 4 is 21.4 Å². The Kier molecular flexibility index (Phi) is 5.97. The van der Waals surface area contributed by atoms with Crippen LogP contribution in [-0.4, -0.2) is 55.8 Å². The summed E-state index contributed by atoms with van der Waals surface area (Å²) in [7, 11) is -1.83. The van der Waals surface area contributed by atoms with Crippen molar-refractivity contribution in [1.29, 1.82) is 0 Å². The van der Waals surface area contributed by atoms with Gasteiger partial charge in [0.25, 0.3) is 5.69 Å². The second-order valence-corrected chi connectivity index (χ2v) is 8.86. The molecular formula is C19H24N4O4S. The van der Waals surface area contributed by atoms with Gasteiger partial charge >= 0.3 is 0 Å². The number of hydrogen-bond donors (Lipinski definition) is 1. The number of sulfonamides is 1. The molecule has 0 radical (unpaired) electrons. The smallest absolute Gasteiger partial charge is 0.293 e. The van der Waals surface area contributed by atoms with Crippen LogP contribution in [0.4, 0.5) is 11.4 Å². The highest BCUT2D eigenvalue weighted by atomic mass is 32.2. The molecule has 9 heteroatoms. The quantitative estimate of drug-likeness (QED) is 0.587. The zero-order chi connectivity index (χ0) is 20.3. The number of nitrogens with one attached hydrogen (secondary N) is 1. The van der Waals surface area contributed by atoms with Crippen molar-refractivity contribution in [1.82, 2.24) is 9.21 Å². The summed E-state index contributed by atoms with van der Waals surface area (Å²) >= 11 is 0. The molecule has 1 saturated heterocycles. The number of benzene rings is 2. The Morgan fingerprint density at radius 3 is 2.32 bits per heavy atom. The van der Waals surface area contributed by atoms with Crippen LogP contribution in [0.5, 0.6) is 0 Å². The summed E-state index contributed by atoms with van der Waals surface area (Å²) in [5, 5.41) is 14.7. The predicted octanol–water partition coefficient (Wildman–Crippen LogP) is 2.70. The van der Waals surface area contributed by atoms with E-state index in [2.05, 4.69) is 5.32 Å². The molecule has 1 aliphatic heterocycles. The fourth-order valence-electron chi connectivity index (χ4n) is 3.18. The van der Waals surface area contributed by atoms with Gasteiger partial charge in [0.2, 0.25) is 10.0 Å². The highest BCUT2D eigenvalue weighted by molar-refractivity contribution is 7.89. The summed E-state index contributed by atoms with van der Waals surface area (Å²) in [6.45, 7) is 3.91. The normalized spacial score (nSPS) is 17.2. The lowest BCUT2D eigenvalue weighted by atomic mass is 10.1. The Labute approximate surface area is 165 Å². The number of anilines is 1. The second kappa shape index (κ2) is 8.26. The van der Waals surface area contributed by atoms with Crippen LogP contribution in [0.1, 0.15) is 18.5 Å². The van der Waals surface area contributed by atoms with Crippen LogP contribution in [0.2, 0.25) is 0 Å². The minimum atomic E-state index is -3.76. The first-order chi connectivity index (χ1) is 13.3. The van der Waals surface area contributed by atoms with Crippen LogP contribution in [0.25, 0.3) is 0 Å². The van der Waals surface area contributed by atoms with Gasteiger partial charge in [-0.15, -0.1) is 0 Å². The molecule has 0 aromatic heterocycles. The third-order valence-electron chi connectivity index (χ3n) is 4.94. The largest absolute Gasteiger partial charge is 0.373 e. The molecule has 1 aliphatic rings. The third kappa shape index (κ3) is 4.32. The average Bonchev–Trinajstić information content (AvgIpc) is 2.69. The Balaban J connectivity index is 1.88. The maximum absolute atomic E-state index is 12.9. The fraction of sp³-hybridized carbons (Fsp3) is 0.368. The van der Waals surface area contributed by atoms with E-state index in [-0.39, 0.29) is 16.6 Å². The van der Waals surface area contributed by atoms with Crippen molar-refractivity contribution in [2.75, 3.05) is 38.5 Å². The van der Waals surface area contributed by atoms with E-state index >= 15 is 0 Å². The van der Waals surface area contributed by atoms with Crippen LogP contribution in [0.3, 0.4) is 0 Å². The maximum Gasteiger partial charge on any atom is 0.293 e. The van der Waals surface area contributed by atoms with Crippen LogP contribution >= 0.6 is 0 Å². The molecule has 1 N–H and O–H groups in total.